The van der Waals surface area contributed by atoms with Crippen LogP contribution in [0.15, 0.2) is 57.8 Å². The Hall–Kier alpha value is -1.94. The van der Waals surface area contributed by atoms with Crippen molar-refractivity contribution in [2.24, 2.45) is 0 Å². The second-order valence-corrected chi connectivity index (χ2v) is 5.83. The third kappa shape index (κ3) is 2.63. The summed E-state index contributed by atoms with van der Waals surface area (Å²) < 4.78 is 2.71. The van der Waals surface area contributed by atoms with Gasteiger partial charge in [0, 0.05) is 10.9 Å². The van der Waals surface area contributed by atoms with Gasteiger partial charge < -0.3 is 0 Å². The summed E-state index contributed by atoms with van der Waals surface area (Å²) in [6.45, 7) is 2.09. The number of hydrogen-bond donors (Lipinski definition) is 0. The molecule has 0 bridgehead atoms. The van der Waals surface area contributed by atoms with E-state index in [0.29, 0.717) is 5.39 Å². The van der Waals surface area contributed by atoms with Crippen LogP contribution in [0, 0.1) is 0 Å². The molecular formula is C17H15BrN2O. The molecule has 0 saturated heterocycles. The van der Waals surface area contributed by atoms with Crippen molar-refractivity contribution >= 4 is 26.8 Å². The molecule has 0 amide bonds. The van der Waals surface area contributed by atoms with Gasteiger partial charge in [-0.15, -0.1) is 0 Å². The minimum Gasteiger partial charge on any atom is -0.268 e. The van der Waals surface area contributed by atoms with Crippen LogP contribution in [0.3, 0.4) is 0 Å². The van der Waals surface area contributed by atoms with E-state index in [1.807, 2.05) is 48.5 Å². The van der Waals surface area contributed by atoms with Gasteiger partial charge in [0.05, 0.1) is 16.6 Å². The molecule has 0 saturated carbocycles. The lowest BCUT2D eigenvalue weighted by molar-refractivity contribution is 0.774. The number of fused-ring (bicyclic) bond motifs is 1. The highest BCUT2D eigenvalue weighted by atomic mass is 79.9. The minimum atomic E-state index is -0.00799. The Labute approximate surface area is 131 Å². The molecule has 2 aromatic carbocycles. The molecule has 0 unspecified atom stereocenters. The molecule has 3 aromatic rings. The van der Waals surface area contributed by atoms with Crippen LogP contribution in [-0.4, -0.2) is 9.55 Å². The maximum atomic E-state index is 12.8. The van der Waals surface area contributed by atoms with Gasteiger partial charge in [-0.2, -0.15) is 0 Å². The van der Waals surface area contributed by atoms with Gasteiger partial charge in [0.1, 0.15) is 5.82 Å². The van der Waals surface area contributed by atoms with E-state index < -0.39 is 0 Å². The molecule has 3 nitrogen and oxygen atoms in total. The molecule has 106 valence electrons. The van der Waals surface area contributed by atoms with Crippen LogP contribution in [-0.2, 0) is 6.42 Å². The van der Waals surface area contributed by atoms with Gasteiger partial charge in [-0.1, -0.05) is 35.0 Å². The maximum Gasteiger partial charge on any atom is 0.265 e. The standard InChI is InChI=1S/C17H15BrN2O/c1-2-5-16-19-15-7-4-3-6-14(15)17(21)20(16)13-10-8-12(18)9-11-13/h3-4,6-11H,2,5H2,1H3. The second kappa shape index (κ2) is 5.82. The summed E-state index contributed by atoms with van der Waals surface area (Å²) in [5.74, 6) is 0.809. The van der Waals surface area contributed by atoms with E-state index in [1.54, 1.807) is 4.57 Å². The lowest BCUT2D eigenvalue weighted by atomic mass is 10.2. The fourth-order valence-corrected chi connectivity index (χ4v) is 2.69. The van der Waals surface area contributed by atoms with Crippen LogP contribution >= 0.6 is 15.9 Å². The third-order valence-electron chi connectivity index (χ3n) is 3.40. The Bertz CT molecular complexity index is 838. The maximum absolute atomic E-state index is 12.8. The van der Waals surface area contributed by atoms with E-state index in [-0.39, 0.29) is 5.56 Å². The zero-order valence-electron chi connectivity index (χ0n) is 11.7. The first kappa shape index (κ1) is 14.0. The normalized spacial score (nSPS) is 11.0. The molecule has 0 N–H and O–H groups in total. The number of halogens is 1. The number of hydrogen-bond acceptors (Lipinski definition) is 2. The zero-order valence-corrected chi connectivity index (χ0v) is 13.3. The van der Waals surface area contributed by atoms with Crippen LogP contribution in [0.4, 0.5) is 0 Å². The lowest BCUT2D eigenvalue weighted by Crippen LogP contribution is -2.23. The summed E-state index contributed by atoms with van der Waals surface area (Å²) >= 11 is 3.42. The van der Waals surface area contributed by atoms with Crippen molar-refractivity contribution in [3.8, 4) is 5.69 Å². The number of aromatic nitrogens is 2. The van der Waals surface area contributed by atoms with E-state index in [0.717, 1.165) is 34.3 Å². The first-order valence-electron chi connectivity index (χ1n) is 6.97. The number of aryl methyl sites for hydroxylation is 1. The molecule has 4 heteroatoms. The van der Waals surface area contributed by atoms with Crippen molar-refractivity contribution in [1.29, 1.82) is 0 Å². The largest absolute Gasteiger partial charge is 0.268 e. The van der Waals surface area contributed by atoms with Gasteiger partial charge in [-0.25, -0.2) is 4.98 Å². The van der Waals surface area contributed by atoms with Crippen LogP contribution in [0.25, 0.3) is 16.6 Å². The van der Waals surface area contributed by atoms with E-state index in [4.69, 9.17) is 0 Å². The minimum absolute atomic E-state index is 0.00799. The monoisotopic (exact) mass is 342 g/mol. The highest BCUT2D eigenvalue weighted by molar-refractivity contribution is 9.10. The highest BCUT2D eigenvalue weighted by Gasteiger charge is 2.11. The van der Waals surface area contributed by atoms with E-state index >= 15 is 0 Å². The quantitative estimate of drug-likeness (QED) is 0.718. The summed E-state index contributed by atoms with van der Waals surface area (Å²) in [5.41, 5.74) is 1.61. The zero-order chi connectivity index (χ0) is 14.8. The molecule has 0 atom stereocenters. The first-order valence-corrected chi connectivity index (χ1v) is 7.76. The molecular weight excluding hydrogens is 328 g/mol. The molecule has 0 aliphatic heterocycles. The molecule has 0 fully saturated rings. The summed E-state index contributed by atoms with van der Waals surface area (Å²) in [4.78, 5) is 17.5. The molecule has 0 aliphatic carbocycles. The van der Waals surface area contributed by atoms with Crippen molar-refractivity contribution in [2.45, 2.75) is 19.8 Å². The molecule has 1 aromatic heterocycles. The predicted octanol–water partition coefficient (Wildman–Crippen LogP) is 4.10. The van der Waals surface area contributed by atoms with E-state index in [1.165, 1.54) is 0 Å². The van der Waals surface area contributed by atoms with Gasteiger partial charge in [0.25, 0.3) is 5.56 Å². The van der Waals surface area contributed by atoms with E-state index in [2.05, 4.69) is 27.8 Å². The number of para-hydroxylation sites is 1. The molecule has 0 radical (unpaired) electrons. The van der Waals surface area contributed by atoms with Crippen molar-refractivity contribution < 1.29 is 0 Å². The van der Waals surface area contributed by atoms with Gasteiger partial charge in [0.15, 0.2) is 0 Å². The van der Waals surface area contributed by atoms with Crippen LogP contribution in [0.1, 0.15) is 19.2 Å². The third-order valence-corrected chi connectivity index (χ3v) is 3.93. The molecule has 0 spiro atoms. The molecule has 21 heavy (non-hydrogen) atoms. The lowest BCUT2D eigenvalue weighted by Gasteiger charge is -2.13. The number of rotatable bonds is 3. The van der Waals surface area contributed by atoms with Crippen molar-refractivity contribution in [3.63, 3.8) is 0 Å². The Kier molecular flexibility index (Phi) is 3.88. The highest BCUT2D eigenvalue weighted by Crippen LogP contribution is 2.17. The van der Waals surface area contributed by atoms with Crippen LogP contribution in [0.2, 0.25) is 0 Å². The Morgan fingerprint density at radius 1 is 1.10 bits per heavy atom. The molecule has 3 rings (SSSR count). The topological polar surface area (TPSA) is 34.9 Å². The van der Waals surface area contributed by atoms with Gasteiger partial charge in [-0.3, -0.25) is 9.36 Å². The summed E-state index contributed by atoms with van der Waals surface area (Å²) in [6, 6.07) is 15.2. The SMILES string of the molecule is CCCc1nc2ccccc2c(=O)n1-c1ccc(Br)cc1. The Morgan fingerprint density at radius 2 is 1.81 bits per heavy atom. The molecule has 1 heterocycles. The Morgan fingerprint density at radius 3 is 2.52 bits per heavy atom. The van der Waals surface area contributed by atoms with Gasteiger partial charge in [-0.05, 0) is 42.8 Å². The summed E-state index contributed by atoms with van der Waals surface area (Å²) in [6.07, 6.45) is 1.72. The second-order valence-electron chi connectivity index (χ2n) is 4.91. The summed E-state index contributed by atoms with van der Waals surface area (Å²) in [5, 5.41) is 0.653. The molecule has 0 aliphatic rings. The number of nitrogens with zero attached hydrogens (tertiary/aromatic N) is 2. The average Bonchev–Trinajstić information content (AvgIpc) is 2.49. The summed E-state index contributed by atoms with van der Waals surface area (Å²) in [7, 11) is 0. The van der Waals surface area contributed by atoms with E-state index in [9.17, 15) is 4.79 Å². The smallest absolute Gasteiger partial charge is 0.265 e. The van der Waals surface area contributed by atoms with Crippen molar-refractivity contribution in [3.05, 3.63) is 69.2 Å². The van der Waals surface area contributed by atoms with Crippen LogP contribution < -0.4 is 5.56 Å². The number of benzene rings is 2. The van der Waals surface area contributed by atoms with Crippen molar-refractivity contribution in [1.82, 2.24) is 9.55 Å². The Balaban J connectivity index is 2.33. The van der Waals surface area contributed by atoms with Gasteiger partial charge in [0.2, 0.25) is 0 Å². The van der Waals surface area contributed by atoms with Gasteiger partial charge >= 0.3 is 0 Å². The fourth-order valence-electron chi connectivity index (χ4n) is 2.43. The van der Waals surface area contributed by atoms with Crippen LogP contribution in [0.5, 0.6) is 0 Å². The van der Waals surface area contributed by atoms with Crippen molar-refractivity contribution in [2.75, 3.05) is 0 Å². The fraction of sp³-hybridized carbons (Fsp3) is 0.176. The first-order chi connectivity index (χ1) is 10.2. The predicted molar refractivity (Wildman–Crippen MR) is 89.0 cm³/mol. The average molecular weight is 343 g/mol.